The van der Waals surface area contributed by atoms with Crippen LogP contribution in [-0.2, 0) is 32.4 Å². The maximum atomic E-state index is 15.5. The van der Waals surface area contributed by atoms with E-state index in [1.54, 1.807) is 36.5 Å². The number of hydrogen-bond acceptors (Lipinski definition) is 9. The van der Waals surface area contributed by atoms with E-state index in [1.807, 2.05) is 36.9 Å². The Morgan fingerprint density at radius 2 is 1.82 bits per heavy atom. The van der Waals surface area contributed by atoms with Gasteiger partial charge in [-0.25, -0.2) is 17.7 Å². The molecule has 1 saturated heterocycles. The Bertz CT molecular complexity index is 1830. The molecule has 1 unspecified atom stereocenters. The number of nitrogens with zero attached hydrogens (tertiary/aromatic N) is 3. The van der Waals surface area contributed by atoms with E-state index in [-0.39, 0.29) is 10.6 Å². The molecule has 0 aliphatic carbocycles. The van der Waals surface area contributed by atoms with E-state index < -0.39 is 27.0 Å². The number of likely N-dealkylation sites (tertiary alicyclic amines) is 1. The highest BCUT2D eigenvalue weighted by Gasteiger charge is 2.65. The number of rotatable bonds is 10. The average Bonchev–Trinajstić information content (AvgIpc) is 3.78. The van der Waals surface area contributed by atoms with Crippen molar-refractivity contribution >= 4 is 33.2 Å². The van der Waals surface area contributed by atoms with Crippen molar-refractivity contribution in [2.24, 2.45) is 0 Å². The number of sulfonamides is 1. The summed E-state index contributed by atoms with van der Waals surface area (Å²) in [6, 6.07) is 16.5. The number of anilines is 1. The number of hydrogen-bond donors (Lipinski definition) is 1. The minimum absolute atomic E-state index is 0.0573. The largest absolute Gasteiger partial charge is 0.497 e. The summed E-state index contributed by atoms with van der Waals surface area (Å²) in [6.07, 6.45) is 4.39. The molecule has 0 radical (unpaired) electrons. The molecule has 6 rings (SSSR count). The first-order valence-electron chi connectivity index (χ1n) is 14.7. The van der Waals surface area contributed by atoms with Gasteiger partial charge in [0.1, 0.15) is 17.8 Å². The van der Waals surface area contributed by atoms with Crippen LogP contribution in [-0.4, -0.2) is 51.5 Å². The van der Waals surface area contributed by atoms with Gasteiger partial charge in [0.25, 0.3) is 15.9 Å². The van der Waals surface area contributed by atoms with Crippen molar-refractivity contribution in [3.05, 3.63) is 101 Å². The number of aromatic nitrogens is 1. The van der Waals surface area contributed by atoms with Crippen LogP contribution in [0.25, 0.3) is 0 Å². The van der Waals surface area contributed by atoms with Gasteiger partial charge >= 0.3 is 0 Å². The predicted octanol–water partition coefficient (Wildman–Crippen LogP) is 5.45. The Morgan fingerprint density at radius 1 is 1.04 bits per heavy atom. The standard InChI is InChI=1S/C33H35ClN4O6S/c1-5-35-21-22-7-14-29(43-4)27(19-22)33(37-17-6-15-32(37,2)30-36-16-18-44-30)26-20-23(34)8-13-28(26)38(31(33)39)45(40,41)25-11-9-24(42-3)10-12-25/h7-14,16,18-20,35H,5-6,15,17,21H2,1-4H3/t32-,33?/m0/s1. The number of fused-ring (bicyclic) bond motifs is 1. The van der Waals surface area contributed by atoms with E-state index in [9.17, 15) is 8.42 Å². The fourth-order valence-electron chi connectivity index (χ4n) is 6.73. The second kappa shape index (κ2) is 11.8. The molecular weight excluding hydrogens is 616 g/mol. The molecule has 2 atom stereocenters. The Kier molecular flexibility index (Phi) is 8.15. The van der Waals surface area contributed by atoms with E-state index in [0.29, 0.717) is 59.5 Å². The van der Waals surface area contributed by atoms with Gasteiger partial charge in [0, 0.05) is 29.2 Å². The van der Waals surface area contributed by atoms with E-state index >= 15 is 4.79 Å². The summed E-state index contributed by atoms with van der Waals surface area (Å²) in [7, 11) is -1.38. The summed E-state index contributed by atoms with van der Waals surface area (Å²) in [5.74, 6) is 0.674. The van der Waals surface area contributed by atoms with Crippen LogP contribution < -0.4 is 19.1 Å². The maximum absolute atomic E-state index is 15.5. The molecule has 10 nitrogen and oxygen atoms in total. The number of carbonyl (C=O) groups is 1. The van der Waals surface area contributed by atoms with E-state index in [4.69, 9.17) is 25.5 Å². The second-order valence-corrected chi connectivity index (χ2v) is 13.5. The molecule has 236 valence electrons. The normalized spacial score (nSPS) is 21.7. The Labute approximate surface area is 268 Å². The fraction of sp³-hybridized carbons (Fsp3) is 0.333. The van der Waals surface area contributed by atoms with Gasteiger partial charge in [0.05, 0.1) is 36.5 Å². The Morgan fingerprint density at radius 3 is 2.49 bits per heavy atom. The highest BCUT2D eigenvalue weighted by atomic mass is 35.5. The number of amides is 1. The fourth-order valence-corrected chi connectivity index (χ4v) is 8.37. The molecule has 12 heteroatoms. The van der Waals surface area contributed by atoms with Crippen molar-refractivity contribution in [1.29, 1.82) is 0 Å². The Hall–Kier alpha value is -3.90. The second-order valence-electron chi connectivity index (χ2n) is 11.3. The number of benzene rings is 3. The summed E-state index contributed by atoms with van der Waals surface area (Å²) in [5, 5.41) is 3.70. The monoisotopic (exact) mass is 650 g/mol. The molecule has 2 aliphatic heterocycles. The number of oxazole rings is 1. The van der Waals surface area contributed by atoms with Crippen LogP contribution in [0, 0.1) is 0 Å². The number of nitrogens with one attached hydrogen (secondary N) is 1. The lowest BCUT2D eigenvalue weighted by Gasteiger charge is -2.46. The SMILES string of the molecule is CCNCc1ccc(OC)c(C2(N3CCC[C@@]3(C)c3ncco3)C(=O)N(S(=O)(=O)c3ccc(OC)cc3)c3ccc(Cl)cc32)c1. The zero-order valence-corrected chi connectivity index (χ0v) is 27.1. The van der Waals surface area contributed by atoms with Gasteiger partial charge in [-0.05, 0) is 86.5 Å². The van der Waals surface area contributed by atoms with Crippen LogP contribution in [0.5, 0.6) is 11.5 Å². The predicted molar refractivity (Wildman–Crippen MR) is 170 cm³/mol. The van der Waals surface area contributed by atoms with Crippen molar-refractivity contribution in [3.63, 3.8) is 0 Å². The molecule has 1 amide bonds. The molecule has 2 aliphatic rings. The maximum Gasteiger partial charge on any atom is 0.271 e. The van der Waals surface area contributed by atoms with E-state index in [1.165, 1.54) is 32.6 Å². The van der Waals surface area contributed by atoms with Gasteiger partial charge in [0.15, 0.2) is 5.54 Å². The molecule has 3 aromatic carbocycles. The highest BCUT2D eigenvalue weighted by molar-refractivity contribution is 7.93. The van der Waals surface area contributed by atoms with Crippen molar-refractivity contribution in [3.8, 4) is 11.5 Å². The van der Waals surface area contributed by atoms with Crippen LogP contribution in [0.4, 0.5) is 5.69 Å². The summed E-state index contributed by atoms with van der Waals surface area (Å²) in [4.78, 5) is 22.0. The zero-order valence-electron chi connectivity index (χ0n) is 25.5. The molecule has 1 aromatic heterocycles. The van der Waals surface area contributed by atoms with Crippen molar-refractivity contribution in [2.45, 2.75) is 49.2 Å². The van der Waals surface area contributed by atoms with E-state index in [0.717, 1.165) is 16.4 Å². The summed E-state index contributed by atoms with van der Waals surface area (Å²) in [6.45, 7) is 5.70. The first-order valence-corrected chi connectivity index (χ1v) is 16.5. The molecule has 4 aromatic rings. The molecule has 0 saturated carbocycles. The summed E-state index contributed by atoms with van der Waals surface area (Å²) in [5.41, 5.74) is -0.538. The van der Waals surface area contributed by atoms with Gasteiger partial charge in [-0.15, -0.1) is 0 Å². The average molecular weight is 651 g/mol. The number of halogens is 1. The van der Waals surface area contributed by atoms with Crippen molar-refractivity contribution < 1.29 is 27.1 Å². The molecule has 3 heterocycles. The van der Waals surface area contributed by atoms with Crippen LogP contribution in [0.2, 0.25) is 5.02 Å². The highest BCUT2D eigenvalue weighted by Crippen LogP contribution is 2.58. The lowest BCUT2D eigenvalue weighted by molar-refractivity contribution is -0.130. The van der Waals surface area contributed by atoms with Gasteiger partial charge in [-0.3, -0.25) is 9.69 Å². The molecule has 1 N–H and O–H groups in total. The van der Waals surface area contributed by atoms with Gasteiger partial charge < -0.3 is 19.2 Å². The molecular formula is C33H35ClN4O6S. The third-order valence-electron chi connectivity index (χ3n) is 8.83. The smallest absolute Gasteiger partial charge is 0.271 e. The number of methoxy groups -OCH3 is 2. The van der Waals surface area contributed by atoms with Crippen LogP contribution in [0.15, 0.2) is 82.4 Å². The van der Waals surface area contributed by atoms with Crippen LogP contribution in [0.3, 0.4) is 0 Å². The number of ether oxygens (including phenoxy) is 2. The lowest BCUT2D eigenvalue weighted by atomic mass is 9.78. The quantitative estimate of drug-likeness (QED) is 0.239. The summed E-state index contributed by atoms with van der Waals surface area (Å²) >= 11 is 6.67. The minimum Gasteiger partial charge on any atom is -0.497 e. The Balaban J connectivity index is 1.68. The first-order chi connectivity index (χ1) is 21.6. The topological polar surface area (TPSA) is 114 Å². The van der Waals surface area contributed by atoms with Gasteiger partial charge in [0.2, 0.25) is 5.89 Å². The van der Waals surface area contributed by atoms with Crippen LogP contribution >= 0.6 is 11.6 Å². The molecule has 0 spiro atoms. The van der Waals surface area contributed by atoms with Crippen molar-refractivity contribution in [1.82, 2.24) is 15.2 Å². The van der Waals surface area contributed by atoms with Crippen LogP contribution in [0.1, 0.15) is 49.3 Å². The molecule has 0 bridgehead atoms. The lowest BCUT2D eigenvalue weighted by Crippen LogP contribution is -2.59. The van der Waals surface area contributed by atoms with Gasteiger partial charge in [-0.2, -0.15) is 0 Å². The third kappa shape index (κ3) is 4.80. The molecule has 1 fully saturated rings. The van der Waals surface area contributed by atoms with Gasteiger partial charge in [-0.1, -0.05) is 24.6 Å². The molecule has 45 heavy (non-hydrogen) atoms. The van der Waals surface area contributed by atoms with E-state index in [2.05, 4.69) is 10.3 Å². The zero-order chi connectivity index (χ0) is 32.0. The number of carbonyl (C=O) groups excluding carboxylic acids is 1. The minimum atomic E-state index is -4.42. The van der Waals surface area contributed by atoms with Crippen molar-refractivity contribution in [2.75, 3.05) is 31.6 Å². The first kappa shape index (κ1) is 31.1. The summed E-state index contributed by atoms with van der Waals surface area (Å²) < 4.78 is 47.0. The third-order valence-corrected chi connectivity index (χ3v) is 10.8.